The van der Waals surface area contributed by atoms with E-state index in [4.69, 9.17) is 0 Å². The second kappa shape index (κ2) is 9.14. The quantitative estimate of drug-likeness (QED) is 0.638. The molecule has 8 heteroatoms. The molecule has 140 valence electrons. The van der Waals surface area contributed by atoms with Gasteiger partial charge in [0.05, 0.1) is 11.9 Å². The lowest BCUT2D eigenvalue weighted by Crippen LogP contribution is -2.40. The SMILES string of the molecule is CS(=O)(=O)N(CC(=O)NCCCc1ccc(F)cc1)c1ccccc1Br. The van der Waals surface area contributed by atoms with Crippen molar-refractivity contribution in [2.45, 2.75) is 12.8 Å². The van der Waals surface area contributed by atoms with Crippen molar-refractivity contribution in [1.29, 1.82) is 0 Å². The van der Waals surface area contributed by atoms with Gasteiger partial charge in [0.25, 0.3) is 0 Å². The van der Waals surface area contributed by atoms with Gasteiger partial charge in [0.2, 0.25) is 15.9 Å². The van der Waals surface area contributed by atoms with Crippen LogP contribution in [0.15, 0.2) is 53.0 Å². The molecule has 0 saturated heterocycles. The molecule has 0 fully saturated rings. The maximum Gasteiger partial charge on any atom is 0.240 e. The molecular weight excluding hydrogens is 423 g/mol. The molecule has 26 heavy (non-hydrogen) atoms. The van der Waals surface area contributed by atoms with Crippen LogP contribution in [0.25, 0.3) is 0 Å². The number of carbonyl (C=O) groups excluding carboxylic acids is 1. The van der Waals surface area contributed by atoms with E-state index in [9.17, 15) is 17.6 Å². The van der Waals surface area contributed by atoms with E-state index in [2.05, 4.69) is 21.2 Å². The summed E-state index contributed by atoms with van der Waals surface area (Å²) in [4.78, 5) is 12.2. The number of halogens is 2. The minimum atomic E-state index is -3.61. The number of hydrogen-bond donors (Lipinski definition) is 1. The van der Waals surface area contributed by atoms with Gasteiger partial charge < -0.3 is 5.32 Å². The molecule has 5 nitrogen and oxygen atoms in total. The van der Waals surface area contributed by atoms with Crippen LogP contribution in [0.1, 0.15) is 12.0 Å². The van der Waals surface area contributed by atoms with Crippen LogP contribution in [0.5, 0.6) is 0 Å². The first-order valence-corrected chi connectivity index (χ1v) is 10.6. The molecule has 2 aromatic carbocycles. The van der Waals surface area contributed by atoms with E-state index < -0.39 is 10.0 Å². The second-order valence-corrected chi connectivity index (χ2v) is 8.56. The number of nitrogens with zero attached hydrogens (tertiary/aromatic N) is 1. The molecule has 0 aromatic heterocycles. The highest BCUT2D eigenvalue weighted by Crippen LogP contribution is 2.27. The molecule has 0 atom stereocenters. The monoisotopic (exact) mass is 442 g/mol. The van der Waals surface area contributed by atoms with Gasteiger partial charge in [-0.25, -0.2) is 12.8 Å². The number of para-hydroxylation sites is 1. The molecule has 0 aliphatic carbocycles. The van der Waals surface area contributed by atoms with Crippen LogP contribution >= 0.6 is 15.9 Å². The molecule has 2 rings (SSSR count). The van der Waals surface area contributed by atoms with Crippen LogP contribution in [-0.4, -0.2) is 33.7 Å². The molecule has 2 aromatic rings. The molecule has 0 radical (unpaired) electrons. The van der Waals surface area contributed by atoms with Crippen molar-refractivity contribution in [2.24, 2.45) is 0 Å². The van der Waals surface area contributed by atoms with E-state index in [1.807, 2.05) is 0 Å². The molecule has 0 bridgehead atoms. The molecule has 0 saturated carbocycles. The fourth-order valence-corrected chi connectivity index (χ4v) is 3.88. The first-order chi connectivity index (χ1) is 12.3. The maximum atomic E-state index is 12.9. The summed E-state index contributed by atoms with van der Waals surface area (Å²) < 4.78 is 38.6. The van der Waals surface area contributed by atoms with Crippen LogP contribution in [0.3, 0.4) is 0 Å². The third-order valence-electron chi connectivity index (χ3n) is 3.69. The summed E-state index contributed by atoms with van der Waals surface area (Å²) >= 11 is 3.31. The Balaban J connectivity index is 1.89. The predicted octanol–water partition coefficient (Wildman–Crippen LogP) is 3.10. The highest BCUT2D eigenvalue weighted by Gasteiger charge is 2.22. The van der Waals surface area contributed by atoms with Gasteiger partial charge in [0, 0.05) is 11.0 Å². The third kappa shape index (κ3) is 6.10. The van der Waals surface area contributed by atoms with Crippen LogP contribution in [0, 0.1) is 5.82 Å². The fraction of sp³-hybridized carbons (Fsp3) is 0.278. The fourth-order valence-electron chi connectivity index (χ4n) is 2.39. The lowest BCUT2D eigenvalue weighted by atomic mass is 10.1. The van der Waals surface area contributed by atoms with E-state index >= 15 is 0 Å². The predicted molar refractivity (Wildman–Crippen MR) is 104 cm³/mol. The number of aryl methyl sites for hydroxylation is 1. The zero-order chi connectivity index (χ0) is 19.2. The topological polar surface area (TPSA) is 66.5 Å². The number of amides is 1. The Morgan fingerprint density at radius 3 is 2.42 bits per heavy atom. The zero-order valence-corrected chi connectivity index (χ0v) is 16.7. The van der Waals surface area contributed by atoms with Crippen molar-refractivity contribution in [1.82, 2.24) is 5.32 Å². The molecule has 0 aliphatic heterocycles. The number of benzene rings is 2. The number of carbonyl (C=O) groups is 1. The van der Waals surface area contributed by atoms with E-state index in [1.165, 1.54) is 12.1 Å². The van der Waals surface area contributed by atoms with Crippen LogP contribution < -0.4 is 9.62 Å². The standard InChI is InChI=1S/C18H20BrFN2O3S/c1-26(24,25)22(17-7-3-2-6-16(17)19)13-18(23)21-12-4-5-14-8-10-15(20)11-9-14/h2-3,6-11H,4-5,12-13H2,1H3,(H,21,23). The van der Waals surface area contributed by atoms with Crippen molar-refractivity contribution < 1.29 is 17.6 Å². The van der Waals surface area contributed by atoms with Crippen molar-refractivity contribution in [3.05, 3.63) is 64.4 Å². The molecular formula is C18H20BrFN2O3S. The summed E-state index contributed by atoms with van der Waals surface area (Å²) in [5, 5.41) is 2.72. The molecule has 1 amide bonds. The van der Waals surface area contributed by atoms with Crippen molar-refractivity contribution in [3.8, 4) is 0 Å². The first-order valence-electron chi connectivity index (χ1n) is 8.01. The lowest BCUT2D eigenvalue weighted by molar-refractivity contribution is -0.119. The van der Waals surface area contributed by atoms with Crippen LogP contribution in [0.2, 0.25) is 0 Å². The Bertz CT molecular complexity index is 857. The van der Waals surface area contributed by atoms with Gasteiger partial charge >= 0.3 is 0 Å². The van der Waals surface area contributed by atoms with Crippen LogP contribution in [0.4, 0.5) is 10.1 Å². The van der Waals surface area contributed by atoms with Crippen molar-refractivity contribution in [2.75, 3.05) is 23.7 Å². The van der Waals surface area contributed by atoms with Gasteiger partial charge in [0.15, 0.2) is 0 Å². The Morgan fingerprint density at radius 1 is 1.15 bits per heavy atom. The average Bonchev–Trinajstić information content (AvgIpc) is 2.58. The summed E-state index contributed by atoms with van der Waals surface area (Å²) in [6.07, 6.45) is 2.43. The van der Waals surface area contributed by atoms with E-state index in [0.29, 0.717) is 29.5 Å². The summed E-state index contributed by atoms with van der Waals surface area (Å²) in [6.45, 7) is 0.113. The zero-order valence-electron chi connectivity index (χ0n) is 14.3. The minimum absolute atomic E-state index is 0.282. The first kappa shape index (κ1) is 20.4. The van der Waals surface area contributed by atoms with Crippen molar-refractivity contribution in [3.63, 3.8) is 0 Å². The van der Waals surface area contributed by atoms with Gasteiger partial charge in [-0.3, -0.25) is 9.10 Å². The number of nitrogens with one attached hydrogen (secondary N) is 1. The van der Waals surface area contributed by atoms with Gasteiger partial charge in [-0.05, 0) is 58.6 Å². The Morgan fingerprint density at radius 2 is 1.81 bits per heavy atom. The Labute approximate surface area is 161 Å². The normalized spacial score (nSPS) is 11.2. The highest BCUT2D eigenvalue weighted by molar-refractivity contribution is 9.10. The lowest BCUT2D eigenvalue weighted by Gasteiger charge is -2.23. The van der Waals surface area contributed by atoms with Crippen molar-refractivity contribution >= 4 is 37.5 Å². The number of hydrogen-bond acceptors (Lipinski definition) is 3. The van der Waals surface area contributed by atoms with E-state index in [1.54, 1.807) is 36.4 Å². The molecule has 1 N–H and O–H groups in total. The smallest absolute Gasteiger partial charge is 0.240 e. The van der Waals surface area contributed by atoms with Crippen LogP contribution in [-0.2, 0) is 21.2 Å². The third-order valence-corrected chi connectivity index (χ3v) is 5.48. The summed E-state index contributed by atoms with van der Waals surface area (Å²) in [5.74, 6) is -0.666. The van der Waals surface area contributed by atoms with Gasteiger partial charge in [0.1, 0.15) is 12.4 Å². The van der Waals surface area contributed by atoms with Gasteiger partial charge in [-0.1, -0.05) is 24.3 Å². The summed E-state index contributed by atoms with van der Waals surface area (Å²) in [7, 11) is -3.61. The van der Waals surface area contributed by atoms with Gasteiger partial charge in [-0.15, -0.1) is 0 Å². The maximum absolute atomic E-state index is 12.9. The number of anilines is 1. The molecule has 0 heterocycles. The summed E-state index contributed by atoms with van der Waals surface area (Å²) in [6, 6.07) is 13.0. The number of sulfonamides is 1. The molecule has 0 aliphatic rings. The van der Waals surface area contributed by atoms with E-state index in [0.717, 1.165) is 16.1 Å². The van der Waals surface area contributed by atoms with E-state index in [-0.39, 0.29) is 18.3 Å². The second-order valence-electron chi connectivity index (χ2n) is 5.80. The minimum Gasteiger partial charge on any atom is -0.355 e. The Kier molecular flexibility index (Phi) is 7.16. The summed E-state index contributed by atoms with van der Waals surface area (Å²) in [5.41, 5.74) is 1.39. The largest absolute Gasteiger partial charge is 0.355 e. The average molecular weight is 443 g/mol. The number of rotatable bonds is 8. The molecule has 0 unspecified atom stereocenters. The molecule has 0 spiro atoms. The Hall–Kier alpha value is -1.93. The van der Waals surface area contributed by atoms with Gasteiger partial charge in [-0.2, -0.15) is 0 Å². The highest BCUT2D eigenvalue weighted by atomic mass is 79.9.